The predicted octanol–water partition coefficient (Wildman–Crippen LogP) is 4.70. The molecule has 0 aromatic heterocycles. The van der Waals surface area contributed by atoms with Crippen LogP contribution in [0.1, 0.15) is 31.7 Å². The number of carboxylic acids is 1. The SMILES string of the molecule is CCCCCN1C(c2ccc(Cl)cc2Cl)=CC(N)=C(Cl)C1C(=O)O. The normalized spacial score (nSPS) is 17.9. The molecule has 1 aliphatic rings. The average Bonchev–Trinajstić information content (AvgIpc) is 2.51. The summed E-state index contributed by atoms with van der Waals surface area (Å²) in [6.45, 7) is 2.63. The third kappa shape index (κ3) is 4.00. The van der Waals surface area contributed by atoms with Gasteiger partial charge in [-0.1, -0.05) is 54.6 Å². The number of rotatable bonds is 6. The molecule has 1 atom stereocenters. The summed E-state index contributed by atoms with van der Waals surface area (Å²) in [5.74, 6) is -1.05. The molecule has 1 aliphatic heterocycles. The number of allylic oxidation sites excluding steroid dienone is 1. The molecule has 0 saturated carbocycles. The third-order valence-electron chi connectivity index (χ3n) is 3.87. The van der Waals surface area contributed by atoms with Gasteiger partial charge >= 0.3 is 5.97 Å². The Morgan fingerprint density at radius 3 is 2.58 bits per heavy atom. The van der Waals surface area contributed by atoms with Crippen molar-refractivity contribution in [2.75, 3.05) is 6.54 Å². The van der Waals surface area contributed by atoms with Crippen LogP contribution in [-0.4, -0.2) is 28.6 Å². The Labute approximate surface area is 156 Å². The molecule has 7 heteroatoms. The predicted molar refractivity (Wildman–Crippen MR) is 99.2 cm³/mol. The van der Waals surface area contributed by atoms with E-state index in [-0.39, 0.29) is 10.7 Å². The van der Waals surface area contributed by atoms with Crippen LogP contribution in [0.2, 0.25) is 10.0 Å². The van der Waals surface area contributed by atoms with Gasteiger partial charge < -0.3 is 15.7 Å². The monoisotopic (exact) mass is 388 g/mol. The zero-order valence-electron chi connectivity index (χ0n) is 13.2. The third-order valence-corrected chi connectivity index (χ3v) is 4.85. The second-order valence-electron chi connectivity index (χ2n) is 5.60. The molecule has 2 rings (SSSR count). The fourth-order valence-electron chi connectivity index (χ4n) is 2.69. The van der Waals surface area contributed by atoms with Gasteiger partial charge in [0, 0.05) is 22.8 Å². The first-order valence-electron chi connectivity index (χ1n) is 7.68. The maximum absolute atomic E-state index is 11.8. The number of aliphatic carboxylic acids is 1. The highest BCUT2D eigenvalue weighted by Gasteiger charge is 2.35. The average molecular weight is 390 g/mol. The van der Waals surface area contributed by atoms with E-state index >= 15 is 0 Å². The van der Waals surface area contributed by atoms with Crippen LogP contribution in [0.3, 0.4) is 0 Å². The van der Waals surface area contributed by atoms with Gasteiger partial charge in [0.05, 0.1) is 15.8 Å². The number of benzene rings is 1. The Morgan fingerprint density at radius 1 is 1.29 bits per heavy atom. The second-order valence-corrected chi connectivity index (χ2v) is 6.85. The minimum atomic E-state index is -1.05. The summed E-state index contributed by atoms with van der Waals surface area (Å²) >= 11 is 18.5. The summed E-state index contributed by atoms with van der Waals surface area (Å²) < 4.78 is 0. The van der Waals surface area contributed by atoms with Gasteiger partial charge in [0.2, 0.25) is 0 Å². The van der Waals surface area contributed by atoms with Crippen molar-refractivity contribution in [3.63, 3.8) is 0 Å². The van der Waals surface area contributed by atoms with E-state index in [0.29, 0.717) is 27.9 Å². The lowest BCUT2D eigenvalue weighted by Gasteiger charge is -2.36. The highest BCUT2D eigenvalue weighted by molar-refractivity contribution is 6.36. The van der Waals surface area contributed by atoms with Crippen LogP contribution in [0.25, 0.3) is 5.70 Å². The van der Waals surface area contributed by atoms with Crippen LogP contribution in [0.15, 0.2) is 35.0 Å². The number of nitrogens with zero attached hydrogens (tertiary/aromatic N) is 1. The molecule has 24 heavy (non-hydrogen) atoms. The van der Waals surface area contributed by atoms with E-state index in [1.54, 1.807) is 29.2 Å². The molecule has 0 bridgehead atoms. The topological polar surface area (TPSA) is 66.6 Å². The van der Waals surface area contributed by atoms with Crippen molar-refractivity contribution in [3.8, 4) is 0 Å². The smallest absolute Gasteiger partial charge is 0.332 e. The second kappa shape index (κ2) is 8.15. The zero-order chi connectivity index (χ0) is 17.9. The summed E-state index contributed by atoms with van der Waals surface area (Å²) in [5.41, 5.74) is 7.49. The van der Waals surface area contributed by atoms with Crippen molar-refractivity contribution < 1.29 is 9.90 Å². The first-order chi connectivity index (χ1) is 11.4. The van der Waals surface area contributed by atoms with Gasteiger partial charge in [-0.15, -0.1) is 0 Å². The summed E-state index contributed by atoms with van der Waals surface area (Å²) in [7, 11) is 0. The van der Waals surface area contributed by atoms with Crippen molar-refractivity contribution in [1.29, 1.82) is 0 Å². The largest absolute Gasteiger partial charge is 0.479 e. The molecule has 4 nitrogen and oxygen atoms in total. The molecule has 0 saturated heterocycles. The van der Waals surface area contributed by atoms with Crippen molar-refractivity contribution in [2.24, 2.45) is 5.73 Å². The van der Waals surface area contributed by atoms with Crippen molar-refractivity contribution in [2.45, 2.75) is 32.2 Å². The quantitative estimate of drug-likeness (QED) is 0.692. The highest BCUT2D eigenvalue weighted by atomic mass is 35.5. The Hall–Kier alpha value is -1.36. The lowest BCUT2D eigenvalue weighted by molar-refractivity contribution is -0.140. The number of unbranched alkanes of at least 4 members (excludes halogenated alkanes) is 2. The Balaban J connectivity index is 2.50. The number of halogens is 3. The number of nitrogens with two attached hydrogens (primary N) is 1. The molecule has 0 amide bonds. The van der Waals surface area contributed by atoms with Crippen LogP contribution in [0, 0.1) is 0 Å². The number of carboxylic acid groups (broad SMARTS) is 1. The van der Waals surface area contributed by atoms with Crippen LogP contribution in [0.5, 0.6) is 0 Å². The van der Waals surface area contributed by atoms with Crippen LogP contribution < -0.4 is 5.73 Å². The molecule has 0 aliphatic carbocycles. The molecule has 0 radical (unpaired) electrons. The summed E-state index contributed by atoms with van der Waals surface area (Å²) in [4.78, 5) is 13.5. The number of hydrogen-bond donors (Lipinski definition) is 2. The molecule has 130 valence electrons. The molecule has 0 fully saturated rings. The maximum Gasteiger partial charge on any atom is 0.332 e. The summed E-state index contributed by atoms with van der Waals surface area (Å²) in [6.07, 6.45) is 4.52. The van der Waals surface area contributed by atoms with Gasteiger partial charge in [-0.2, -0.15) is 0 Å². The van der Waals surface area contributed by atoms with E-state index in [1.165, 1.54) is 0 Å². The van der Waals surface area contributed by atoms with Gasteiger partial charge in [0.15, 0.2) is 6.04 Å². The molecular formula is C17H19Cl3N2O2. The minimum Gasteiger partial charge on any atom is -0.479 e. The Bertz CT molecular complexity index is 701. The highest BCUT2D eigenvalue weighted by Crippen LogP contribution is 2.36. The molecule has 1 heterocycles. The van der Waals surface area contributed by atoms with Gasteiger partial charge in [-0.05, 0) is 30.7 Å². The van der Waals surface area contributed by atoms with Crippen LogP contribution >= 0.6 is 34.8 Å². The van der Waals surface area contributed by atoms with E-state index in [2.05, 4.69) is 6.92 Å². The lowest BCUT2D eigenvalue weighted by Crippen LogP contribution is -2.44. The molecule has 1 unspecified atom stereocenters. The standard InChI is InChI=1S/C17H19Cl3N2O2/c1-2-3-4-7-22-14(11-6-5-10(18)8-12(11)19)9-13(21)15(20)16(22)17(23)24/h5-6,8-9,16H,2-4,7,21H2,1H3,(H,23,24). The fourth-order valence-corrected chi connectivity index (χ4v) is 3.46. The van der Waals surface area contributed by atoms with E-state index in [1.807, 2.05) is 0 Å². The van der Waals surface area contributed by atoms with Crippen molar-refractivity contribution >= 4 is 46.5 Å². The summed E-state index contributed by atoms with van der Waals surface area (Å²) in [5, 5.41) is 10.7. The summed E-state index contributed by atoms with van der Waals surface area (Å²) in [6, 6.07) is 4.07. The number of carbonyl (C=O) groups is 1. The first-order valence-corrected chi connectivity index (χ1v) is 8.82. The van der Waals surface area contributed by atoms with E-state index in [9.17, 15) is 9.90 Å². The molecule has 1 aromatic carbocycles. The molecular weight excluding hydrogens is 371 g/mol. The van der Waals surface area contributed by atoms with Crippen LogP contribution in [-0.2, 0) is 4.79 Å². The minimum absolute atomic E-state index is 0.118. The molecule has 3 N–H and O–H groups in total. The van der Waals surface area contributed by atoms with E-state index in [4.69, 9.17) is 40.5 Å². The lowest BCUT2D eigenvalue weighted by atomic mass is 10.0. The molecule has 1 aromatic rings. The van der Waals surface area contributed by atoms with Crippen molar-refractivity contribution in [1.82, 2.24) is 4.90 Å². The molecule has 0 spiro atoms. The van der Waals surface area contributed by atoms with E-state index in [0.717, 1.165) is 19.3 Å². The Morgan fingerprint density at radius 2 is 2.00 bits per heavy atom. The van der Waals surface area contributed by atoms with E-state index < -0.39 is 12.0 Å². The van der Waals surface area contributed by atoms with Gasteiger partial charge in [0.1, 0.15) is 0 Å². The van der Waals surface area contributed by atoms with Crippen molar-refractivity contribution in [3.05, 3.63) is 50.6 Å². The Kier molecular flexibility index (Phi) is 6.44. The van der Waals surface area contributed by atoms with Gasteiger partial charge in [-0.25, -0.2) is 4.79 Å². The maximum atomic E-state index is 11.8. The first kappa shape index (κ1) is 19.0. The fraction of sp³-hybridized carbons (Fsp3) is 0.353. The zero-order valence-corrected chi connectivity index (χ0v) is 15.5. The number of hydrogen-bond acceptors (Lipinski definition) is 3. The van der Waals surface area contributed by atoms with Gasteiger partial charge in [-0.3, -0.25) is 0 Å². The van der Waals surface area contributed by atoms with Gasteiger partial charge in [0.25, 0.3) is 0 Å². The van der Waals surface area contributed by atoms with Crippen LogP contribution in [0.4, 0.5) is 0 Å².